The molecule has 1 atom stereocenters. The van der Waals surface area contributed by atoms with E-state index in [0.29, 0.717) is 0 Å². The summed E-state index contributed by atoms with van der Waals surface area (Å²) in [6.45, 7) is 7.44. The summed E-state index contributed by atoms with van der Waals surface area (Å²) in [5.74, 6) is 0.896. The fraction of sp³-hybridized carbons (Fsp3) is 0.538. The molecule has 0 aliphatic carbocycles. The standard InChI is InChI=1S/C13H18O2/c1-13(2,3)10-4-6-11(7-5-10)15-12-8-9-14-12/h4-7,12H,8-9H2,1-3H3/t12-/m1/s1. The average Bonchev–Trinajstić information content (AvgIpc) is 2.11. The molecule has 1 aromatic carbocycles. The quantitative estimate of drug-likeness (QED) is 0.740. The van der Waals surface area contributed by atoms with E-state index in [9.17, 15) is 0 Å². The first-order chi connectivity index (χ1) is 7.05. The first-order valence-corrected chi connectivity index (χ1v) is 5.44. The molecule has 0 bridgehead atoms. The van der Waals surface area contributed by atoms with E-state index in [2.05, 4.69) is 32.9 Å². The van der Waals surface area contributed by atoms with Crippen LogP contribution in [0, 0.1) is 0 Å². The second kappa shape index (κ2) is 3.86. The van der Waals surface area contributed by atoms with Crippen LogP contribution in [-0.2, 0) is 10.2 Å². The Kier molecular flexibility index (Phi) is 2.70. The number of hydrogen-bond acceptors (Lipinski definition) is 2. The number of rotatable bonds is 2. The van der Waals surface area contributed by atoms with Gasteiger partial charge in [-0.1, -0.05) is 32.9 Å². The highest BCUT2D eigenvalue weighted by Crippen LogP contribution is 2.25. The predicted octanol–water partition coefficient (Wildman–Crippen LogP) is 3.11. The minimum Gasteiger partial charge on any atom is -0.465 e. The molecule has 1 aliphatic heterocycles. The molecule has 0 spiro atoms. The Bertz CT molecular complexity index is 317. The Balaban J connectivity index is 2.03. The topological polar surface area (TPSA) is 18.5 Å². The molecule has 1 aromatic rings. The molecule has 1 fully saturated rings. The van der Waals surface area contributed by atoms with Gasteiger partial charge >= 0.3 is 0 Å². The largest absolute Gasteiger partial charge is 0.465 e. The lowest BCUT2D eigenvalue weighted by molar-refractivity contribution is -0.165. The van der Waals surface area contributed by atoms with E-state index in [1.807, 2.05) is 12.1 Å². The smallest absolute Gasteiger partial charge is 0.202 e. The molecule has 82 valence electrons. The van der Waals surface area contributed by atoms with Crippen molar-refractivity contribution in [2.45, 2.75) is 38.9 Å². The molecule has 1 saturated heterocycles. The van der Waals surface area contributed by atoms with E-state index in [-0.39, 0.29) is 11.7 Å². The fourth-order valence-electron chi connectivity index (χ4n) is 1.49. The third-order valence-corrected chi connectivity index (χ3v) is 2.65. The first kappa shape index (κ1) is 10.5. The van der Waals surface area contributed by atoms with Crippen LogP contribution in [-0.4, -0.2) is 12.9 Å². The predicted molar refractivity (Wildman–Crippen MR) is 60.1 cm³/mol. The zero-order chi connectivity index (χ0) is 10.9. The lowest BCUT2D eigenvalue weighted by Gasteiger charge is -2.27. The molecule has 0 amide bonds. The van der Waals surface area contributed by atoms with Gasteiger partial charge in [0.25, 0.3) is 0 Å². The van der Waals surface area contributed by atoms with Gasteiger partial charge in [-0.15, -0.1) is 0 Å². The summed E-state index contributed by atoms with van der Waals surface area (Å²) in [5.41, 5.74) is 1.52. The van der Waals surface area contributed by atoms with Crippen molar-refractivity contribution in [3.8, 4) is 5.75 Å². The molecule has 0 unspecified atom stereocenters. The highest BCUT2D eigenvalue weighted by atomic mass is 16.7. The van der Waals surface area contributed by atoms with Gasteiger partial charge in [-0.05, 0) is 23.1 Å². The van der Waals surface area contributed by atoms with Gasteiger partial charge in [-0.3, -0.25) is 0 Å². The van der Waals surface area contributed by atoms with Crippen molar-refractivity contribution in [1.29, 1.82) is 0 Å². The lowest BCUT2D eigenvalue weighted by atomic mass is 9.87. The van der Waals surface area contributed by atoms with Crippen molar-refractivity contribution in [3.05, 3.63) is 29.8 Å². The summed E-state index contributed by atoms with van der Waals surface area (Å²) in [6.07, 6.45) is 0.978. The molecule has 1 aliphatic rings. The minimum absolute atomic E-state index is 0.0227. The normalized spacial score (nSPS) is 20.9. The van der Waals surface area contributed by atoms with Crippen molar-refractivity contribution < 1.29 is 9.47 Å². The van der Waals surface area contributed by atoms with Gasteiger partial charge in [0.1, 0.15) is 5.75 Å². The molecule has 0 radical (unpaired) electrons. The summed E-state index contributed by atoms with van der Waals surface area (Å²) in [5, 5.41) is 0. The van der Waals surface area contributed by atoms with Gasteiger partial charge in [0, 0.05) is 6.42 Å². The maximum absolute atomic E-state index is 5.60. The molecule has 15 heavy (non-hydrogen) atoms. The molecule has 1 heterocycles. The average molecular weight is 206 g/mol. The van der Waals surface area contributed by atoms with Crippen LogP contribution < -0.4 is 4.74 Å². The van der Waals surface area contributed by atoms with Crippen molar-refractivity contribution in [2.75, 3.05) is 6.61 Å². The van der Waals surface area contributed by atoms with Crippen LogP contribution in [0.15, 0.2) is 24.3 Å². The molecule has 2 rings (SSSR count). The van der Waals surface area contributed by atoms with Gasteiger partial charge in [-0.25, -0.2) is 0 Å². The Morgan fingerprint density at radius 3 is 2.20 bits per heavy atom. The molecule has 0 N–H and O–H groups in total. The second-order valence-electron chi connectivity index (χ2n) is 4.98. The third kappa shape index (κ3) is 2.51. The summed E-state index contributed by atoms with van der Waals surface area (Å²) < 4.78 is 10.8. The third-order valence-electron chi connectivity index (χ3n) is 2.65. The van der Waals surface area contributed by atoms with Crippen LogP contribution in [0.5, 0.6) is 5.75 Å². The molecule has 0 saturated carbocycles. The van der Waals surface area contributed by atoms with Crippen LogP contribution in [0.2, 0.25) is 0 Å². The van der Waals surface area contributed by atoms with Gasteiger partial charge in [-0.2, -0.15) is 0 Å². The molecule has 2 nitrogen and oxygen atoms in total. The first-order valence-electron chi connectivity index (χ1n) is 5.44. The second-order valence-corrected chi connectivity index (χ2v) is 4.98. The Morgan fingerprint density at radius 1 is 1.20 bits per heavy atom. The zero-order valence-electron chi connectivity index (χ0n) is 9.62. The fourth-order valence-corrected chi connectivity index (χ4v) is 1.49. The number of hydrogen-bond donors (Lipinski definition) is 0. The molecule has 0 aromatic heterocycles. The van der Waals surface area contributed by atoms with Crippen LogP contribution in [0.1, 0.15) is 32.8 Å². The maximum Gasteiger partial charge on any atom is 0.202 e. The van der Waals surface area contributed by atoms with E-state index < -0.39 is 0 Å². The van der Waals surface area contributed by atoms with E-state index in [1.54, 1.807) is 0 Å². The Hall–Kier alpha value is -1.02. The summed E-state index contributed by atoms with van der Waals surface area (Å²) in [6, 6.07) is 8.27. The lowest BCUT2D eigenvalue weighted by Crippen LogP contribution is -2.32. The summed E-state index contributed by atoms with van der Waals surface area (Å²) in [7, 11) is 0. The van der Waals surface area contributed by atoms with Gasteiger partial charge in [0.15, 0.2) is 0 Å². The summed E-state index contributed by atoms with van der Waals surface area (Å²) in [4.78, 5) is 0. The van der Waals surface area contributed by atoms with Gasteiger partial charge in [0.2, 0.25) is 6.29 Å². The van der Waals surface area contributed by atoms with Crippen molar-refractivity contribution in [1.82, 2.24) is 0 Å². The SMILES string of the molecule is CC(C)(C)c1ccc(O[C@@H]2CCO2)cc1. The molecular formula is C13H18O2. The molecular weight excluding hydrogens is 188 g/mol. The van der Waals surface area contributed by atoms with E-state index in [4.69, 9.17) is 9.47 Å². The number of benzene rings is 1. The number of ether oxygens (including phenoxy) is 2. The van der Waals surface area contributed by atoms with E-state index >= 15 is 0 Å². The highest BCUT2D eigenvalue weighted by molar-refractivity contribution is 5.31. The van der Waals surface area contributed by atoms with E-state index in [1.165, 1.54) is 5.56 Å². The Morgan fingerprint density at radius 2 is 1.80 bits per heavy atom. The van der Waals surface area contributed by atoms with Crippen LogP contribution in [0.4, 0.5) is 0 Å². The zero-order valence-corrected chi connectivity index (χ0v) is 9.62. The van der Waals surface area contributed by atoms with Crippen LogP contribution in [0.25, 0.3) is 0 Å². The highest BCUT2D eigenvalue weighted by Gasteiger charge is 2.20. The van der Waals surface area contributed by atoms with Crippen molar-refractivity contribution in [3.63, 3.8) is 0 Å². The Labute approximate surface area is 91.2 Å². The monoisotopic (exact) mass is 206 g/mol. The maximum atomic E-state index is 5.60. The van der Waals surface area contributed by atoms with Crippen molar-refractivity contribution in [2.24, 2.45) is 0 Å². The minimum atomic E-state index is -0.0227. The van der Waals surface area contributed by atoms with Gasteiger partial charge in [0.05, 0.1) is 6.61 Å². The molecule has 2 heteroatoms. The van der Waals surface area contributed by atoms with Crippen LogP contribution >= 0.6 is 0 Å². The summed E-state index contributed by atoms with van der Waals surface area (Å²) >= 11 is 0. The van der Waals surface area contributed by atoms with Crippen molar-refractivity contribution >= 4 is 0 Å². The van der Waals surface area contributed by atoms with Crippen LogP contribution in [0.3, 0.4) is 0 Å². The van der Waals surface area contributed by atoms with E-state index in [0.717, 1.165) is 18.8 Å². The van der Waals surface area contributed by atoms with Gasteiger partial charge < -0.3 is 9.47 Å².